The zero-order chi connectivity index (χ0) is 21.1. The second-order valence-corrected chi connectivity index (χ2v) is 8.00. The SMILES string of the molecule is Cc1ccc(C(=O)NCC(O)c2cccc(C(F)(F)F)c2)cc1NS(C)(=O)=O. The van der Waals surface area contributed by atoms with E-state index in [4.69, 9.17) is 0 Å². The Morgan fingerprint density at radius 1 is 1.18 bits per heavy atom. The van der Waals surface area contributed by atoms with Crippen LogP contribution in [0.4, 0.5) is 18.9 Å². The highest BCUT2D eigenvalue weighted by molar-refractivity contribution is 7.92. The van der Waals surface area contributed by atoms with Gasteiger partial charge in [-0.3, -0.25) is 9.52 Å². The lowest BCUT2D eigenvalue weighted by atomic mass is 10.1. The lowest BCUT2D eigenvalue weighted by molar-refractivity contribution is -0.137. The Bertz CT molecular complexity index is 975. The van der Waals surface area contributed by atoms with Crippen molar-refractivity contribution in [3.05, 3.63) is 64.7 Å². The highest BCUT2D eigenvalue weighted by atomic mass is 32.2. The van der Waals surface area contributed by atoms with Crippen LogP contribution in [0.2, 0.25) is 0 Å². The van der Waals surface area contributed by atoms with Crippen LogP contribution < -0.4 is 10.0 Å². The number of aliphatic hydroxyl groups is 1. The summed E-state index contributed by atoms with van der Waals surface area (Å²) in [7, 11) is -3.53. The van der Waals surface area contributed by atoms with Gasteiger partial charge >= 0.3 is 6.18 Å². The molecule has 1 unspecified atom stereocenters. The van der Waals surface area contributed by atoms with Gasteiger partial charge in [-0.05, 0) is 42.3 Å². The molecule has 10 heteroatoms. The summed E-state index contributed by atoms with van der Waals surface area (Å²) >= 11 is 0. The van der Waals surface area contributed by atoms with Crippen LogP contribution in [-0.4, -0.2) is 32.2 Å². The first-order valence-corrected chi connectivity index (χ1v) is 9.98. The lowest BCUT2D eigenvalue weighted by Gasteiger charge is -2.15. The molecule has 0 aliphatic carbocycles. The number of hydrogen-bond acceptors (Lipinski definition) is 4. The summed E-state index contributed by atoms with van der Waals surface area (Å²) in [5, 5.41) is 12.5. The second-order valence-electron chi connectivity index (χ2n) is 6.25. The Balaban J connectivity index is 2.09. The van der Waals surface area contributed by atoms with Crippen molar-refractivity contribution in [2.75, 3.05) is 17.5 Å². The highest BCUT2D eigenvalue weighted by Gasteiger charge is 2.30. The van der Waals surface area contributed by atoms with Gasteiger partial charge in [0.25, 0.3) is 5.91 Å². The molecule has 0 spiro atoms. The number of halogens is 3. The van der Waals surface area contributed by atoms with Gasteiger partial charge in [-0.1, -0.05) is 18.2 Å². The van der Waals surface area contributed by atoms with Crippen molar-refractivity contribution in [2.24, 2.45) is 0 Å². The summed E-state index contributed by atoms with van der Waals surface area (Å²) < 4.78 is 63.3. The van der Waals surface area contributed by atoms with E-state index in [0.717, 1.165) is 18.4 Å². The average molecular weight is 416 g/mol. The van der Waals surface area contributed by atoms with Gasteiger partial charge in [0.2, 0.25) is 10.0 Å². The quantitative estimate of drug-likeness (QED) is 0.675. The third-order valence-electron chi connectivity index (χ3n) is 3.85. The molecule has 1 amide bonds. The van der Waals surface area contributed by atoms with E-state index in [1.807, 2.05) is 0 Å². The fourth-order valence-electron chi connectivity index (χ4n) is 2.40. The maximum absolute atomic E-state index is 12.8. The standard InChI is InChI=1S/C18H19F3N2O4S/c1-11-6-7-13(9-15(11)23-28(2,26)27)17(25)22-10-16(24)12-4-3-5-14(8-12)18(19,20)21/h3-9,16,23-24H,10H2,1-2H3,(H,22,25). The van der Waals surface area contributed by atoms with Crippen LogP contribution >= 0.6 is 0 Å². The third-order valence-corrected chi connectivity index (χ3v) is 4.44. The van der Waals surface area contributed by atoms with Gasteiger partial charge < -0.3 is 10.4 Å². The summed E-state index contributed by atoms with van der Waals surface area (Å²) in [4.78, 5) is 12.3. The first-order valence-electron chi connectivity index (χ1n) is 8.08. The normalized spacial score (nSPS) is 13.1. The fourth-order valence-corrected chi connectivity index (χ4v) is 3.02. The Labute approximate surface area is 160 Å². The Morgan fingerprint density at radius 3 is 2.46 bits per heavy atom. The zero-order valence-corrected chi connectivity index (χ0v) is 15.9. The van der Waals surface area contributed by atoms with E-state index in [9.17, 15) is 31.5 Å². The molecule has 2 aromatic carbocycles. The van der Waals surface area contributed by atoms with Crippen LogP contribution in [0.3, 0.4) is 0 Å². The first-order chi connectivity index (χ1) is 12.9. The number of sulfonamides is 1. The van der Waals surface area contributed by atoms with E-state index in [-0.39, 0.29) is 23.4 Å². The van der Waals surface area contributed by atoms with Gasteiger partial charge in [0.1, 0.15) is 0 Å². The lowest BCUT2D eigenvalue weighted by Crippen LogP contribution is -2.28. The Hall–Kier alpha value is -2.59. The summed E-state index contributed by atoms with van der Waals surface area (Å²) in [5.74, 6) is -0.609. The van der Waals surface area contributed by atoms with Gasteiger partial charge in [-0.15, -0.1) is 0 Å². The van der Waals surface area contributed by atoms with Crippen molar-refractivity contribution in [1.82, 2.24) is 5.32 Å². The number of rotatable bonds is 6. The topological polar surface area (TPSA) is 95.5 Å². The number of carbonyl (C=O) groups excluding carboxylic acids is 1. The average Bonchev–Trinajstić information content (AvgIpc) is 2.59. The number of carbonyl (C=O) groups is 1. The zero-order valence-electron chi connectivity index (χ0n) is 15.0. The molecule has 152 valence electrons. The minimum absolute atomic E-state index is 0.0125. The number of nitrogens with one attached hydrogen (secondary N) is 2. The summed E-state index contributed by atoms with van der Waals surface area (Å²) in [6.07, 6.45) is -4.90. The van der Waals surface area contributed by atoms with E-state index < -0.39 is 33.8 Å². The number of aliphatic hydroxyl groups excluding tert-OH is 1. The maximum Gasteiger partial charge on any atom is 0.416 e. The molecule has 3 N–H and O–H groups in total. The predicted molar refractivity (Wildman–Crippen MR) is 98.4 cm³/mol. The van der Waals surface area contributed by atoms with Gasteiger partial charge in [0.05, 0.1) is 23.6 Å². The van der Waals surface area contributed by atoms with Crippen LogP contribution in [0.1, 0.15) is 33.2 Å². The van der Waals surface area contributed by atoms with E-state index in [0.29, 0.717) is 5.56 Å². The van der Waals surface area contributed by atoms with E-state index >= 15 is 0 Å². The molecule has 2 aromatic rings. The van der Waals surface area contributed by atoms with Crippen LogP contribution in [0.5, 0.6) is 0 Å². The van der Waals surface area contributed by atoms with Crippen molar-refractivity contribution >= 4 is 21.6 Å². The van der Waals surface area contributed by atoms with Gasteiger partial charge in [0.15, 0.2) is 0 Å². The number of aryl methyl sites for hydroxylation is 1. The van der Waals surface area contributed by atoms with Crippen LogP contribution in [-0.2, 0) is 16.2 Å². The van der Waals surface area contributed by atoms with Crippen molar-refractivity contribution in [1.29, 1.82) is 0 Å². The van der Waals surface area contributed by atoms with Crippen molar-refractivity contribution in [3.8, 4) is 0 Å². The molecule has 1 atom stereocenters. The Morgan fingerprint density at radius 2 is 1.86 bits per heavy atom. The molecule has 2 rings (SSSR count). The minimum atomic E-state index is -4.54. The number of alkyl halides is 3. The third kappa shape index (κ3) is 5.96. The molecule has 0 bridgehead atoms. The van der Waals surface area contributed by atoms with E-state index in [1.165, 1.54) is 24.3 Å². The summed E-state index contributed by atoms with van der Waals surface area (Å²) in [6, 6.07) is 8.55. The summed E-state index contributed by atoms with van der Waals surface area (Å²) in [5.41, 5.74) is 0.0800. The fraction of sp³-hybridized carbons (Fsp3) is 0.278. The van der Waals surface area contributed by atoms with Crippen LogP contribution in [0.25, 0.3) is 0 Å². The molecule has 0 aliphatic rings. The van der Waals surface area contributed by atoms with Crippen LogP contribution in [0, 0.1) is 6.92 Å². The van der Waals surface area contributed by atoms with Crippen molar-refractivity contribution < 1.29 is 31.5 Å². The molecule has 0 radical (unpaired) electrons. The molecule has 0 saturated carbocycles. The predicted octanol–water partition coefficient (Wildman–Crippen LogP) is 2.85. The van der Waals surface area contributed by atoms with Crippen LogP contribution in [0.15, 0.2) is 42.5 Å². The largest absolute Gasteiger partial charge is 0.416 e. The monoisotopic (exact) mass is 416 g/mol. The molecule has 0 aliphatic heterocycles. The molecule has 0 aromatic heterocycles. The molecular weight excluding hydrogens is 397 g/mol. The minimum Gasteiger partial charge on any atom is -0.387 e. The van der Waals surface area contributed by atoms with E-state index in [1.54, 1.807) is 13.0 Å². The van der Waals surface area contributed by atoms with Crippen molar-refractivity contribution in [2.45, 2.75) is 19.2 Å². The molecular formula is C18H19F3N2O4S. The summed E-state index contributed by atoms with van der Waals surface area (Å²) in [6.45, 7) is 1.34. The first kappa shape index (κ1) is 21.7. The maximum atomic E-state index is 12.8. The van der Waals surface area contributed by atoms with Gasteiger partial charge in [-0.2, -0.15) is 13.2 Å². The smallest absolute Gasteiger partial charge is 0.387 e. The number of hydrogen-bond donors (Lipinski definition) is 3. The Kier molecular flexibility index (Phi) is 6.35. The van der Waals surface area contributed by atoms with Gasteiger partial charge in [-0.25, -0.2) is 8.42 Å². The molecule has 0 fully saturated rings. The van der Waals surface area contributed by atoms with E-state index in [2.05, 4.69) is 10.0 Å². The van der Waals surface area contributed by atoms with Gasteiger partial charge in [0, 0.05) is 12.1 Å². The van der Waals surface area contributed by atoms with Crippen molar-refractivity contribution in [3.63, 3.8) is 0 Å². The highest BCUT2D eigenvalue weighted by Crippen LogP contribution is 2.30. The molecule has 28 heavy (non-hydrogen) atoms. The number of anilines is 1. The second kappa shape index (κ2) is 8.19. The number of benzene rings is 2. The number of amides is 1. The molecule has 6 nitrogen and oxygen atoms in total. The molecule has 0 heterocycles. The molecule has 0 saturated heterocycles.